The first-order valence-corrected chi connectivity index (χ1v) is 6.44. The summed E-state index contributed by atoms with van der Waals surface area (Å²) in [6, 6.07) is 5.30. The lowest BCUT2D eigenvalue weighted by molar-refractivity contribution is 0.0662. The fraction of sp³-hybridized carbons (Fsp3) is 0.571. The van der Waals surface area contributed by atoms with E-state index in [9.17, 15) is 5.11 Å². The van der Waals surface area contributed by atoms with Crippen LogP contribution in [0.3, 0.4) is 0 Å². The normalized spacial score (nSPS) is 16.7. The molecule has 4 heteroatoms. The molecule has 0 bridgehead atoms. The largest absolute Gasteiger partial charge is 0.508 e. The second-order valence-electron chi connectivity index (χ2n) is 4.68. The Morgan fingerprint density at radius 3 is 2.89 bits per heavy atom. The molecule has 2 rings (SSSR count). The van der Waals surface area contributed by atoms with Crippen LogP contribution in [0.4, 0.5) is 0 Å². The van der Waals surface area contributed by atoms with Gasteiger partial charge in [0.05, 0.1) is 7.11 Å². The summed E-state index contributed by atoms with van der Waals surface area (Å²) in [6.45, 7) is 3.38. The first-order valence-electron chi connectivity index (χ1n) is 6.44. The third-order valence-corrected chi connectivity index (χ3v) is 3.38. The standard InChI is InChI=1S/C14H21NO3/c1-17-13-2-3-14(16)12(8-13)10-15-9-11-4-6-18-7-5-11/h2-3,8,11,15-16H,4-7,9-10H2,1H3. The Morgan fingerprint density at radius 1 is 1.39 bits per heavy atom. The van der Waals surface area contributed by atoms with Gasteiger partial charge >= 0.3 is 0 Å². The zero-order valence-electron chi connectivity index (χ0n) is 10.8. The van der Waals surface area contributed by atoms with E-state index in [1.165, 1.54) is 0 Å². The zero-order valence-corrected chi connectivity index (χ0v) is 10.8. The summed E-state index contributed by atoms with van der Waals surface area (Å²) in [5.41, 5.74) is 0.876. The quantitative estimate of drug-likeness (QED) is 0.839. The summed E-state index contributed by atoms with van der Waals surface area (Å²) in [5, 5.41) is 13.1. The predicted molar refractivity (Wildman–Crippen MR) is 69.9 cm³/mol. The number of aromatic hydroxyl groups is 1. The van der Waals surface area contributed by atoms with Crippen LogP contribution in [0.2, 0.25) is 0 Å². The molecule has 0 aliphatic carbocycles. The van der Waals surface area contributed by atoms with Crippen molar-refractivity contribution in [2.24, 2.45) is 5.92 Å². The smallest absolute Gasteiger partial charge is 0.120 e. The first-order chi connectivity index (χ1) is 8.79. The van der Waals surface area contributed by atoms with Crippen LogP contribution in [0, 0.1) is 5.92 Å². The highest BCUT2D eigenvalue weighted by Gasteiger charge is 2.13. The highest BCUT2D eigenvalue weighted by molar-refractivity contribution is 5.39. The van der Waals surface area contributed by atoms with Gasteiger partial charge in [0, 0.05) is 25.3 Å². The van der Waals surface area contributed by atoms with Gasteiger partial charge < -0.3 is 19.9 Å². The zero-order chi connectivity index (χ0) is 12.8. The van der Waals surface area contributed by atoms with Crippen molar-refractivity contribution in [1.29, 1.82) is 0 Å². The van der Waals surface area contributed by atoms with E-state index in [2.05, 4.69) is 5.32 Å². The Morgan fingerprint density at radius 2 is 2.17 bits per heavy atom. The Kier molecular flexibility index (Phi) is 4.84. The van der Waals surface area contributed by atoms with Crippen molar-refractivity contribution in [3.63, 3.8) is 0 Å². The fourth-order valence-corrected chi connectivity index (χ4v) is 2.19. The van der Waals surface area contributed by atoms with E-state index >= 15 is 0 Å². The Balaban J connectivity index is 1.81. The predicted octanol–water partition coefficient (Wildman–Crippen LogP) is 1.92. The van der Waals surface area contributed by atoms with Gasteiger partial charge in [-0.15, -0.1) is 0 Å². The number of phenolic OH excluding ortho intramolecular Hbond substituents is 1. The minimum Gasteiger partial charge on any atom is -0.508 e. The van der Waals surface area contributed by atoms with Crippen molar-refractivity contribution < 1.29 is 14.6 Å². The number of phenols is 1. The summed E-state index contributed by atoms with van der Waals surface area (Å²) in [4.78, 5) is 0. The molecule has 1 aliphatic heterocycles. The average Bonchev–Trinajstić information content (AvgIpc) is 2.42. The molecule has 1 aromatic carbocycles. The molecule has 1 fully saturated rings. The van der Waals surface area contributed by atoms with Crippen molar-refractivity contribution in [3.8, 4) is 11.5 Å². The lowest BCUT2D eigenvalue weighted by atomic mass is 10.0. The summed E-state index contributed by atoms with van der Waals surface area (Å²) in [7, 11) is 1.63. The maximum atomic E-state index is 9.75. The number of methoxy groups -OCH3 is 1. The van der Waals surface area contributed by atoms with Gasteiger partial charge in [-0.05, 0) is 43.5 Å². The fourth-order valence-electron chi connectivity index (χ4n) is 2.19. The maximum Gasteiger partial charge on any atom is 0.120 e. The summed E-state index contributed by atoms with van der Waals surface area (Å²) < 4.78 is 10.5. The van der Waals surface area contributed by atoms with E-state index in [1.54, 1.807) is 19.2 Å². The van der Waals surface area contributed by atoms with E-state index in [1.807, 2.05) is 6.07 Å². The average molecular weight is 251 g/mol. The molecule has 1 saturated heterocycles. The Hall–Kier alpha value is -1.26. The van der Waals surface area contributed by atoms with Crippen LogP contribution in [-0.2, 0) is 11.3 Å². The van der Waals surface area contributed by atoms with Crippen molar-refractivity contribution in [1.82, 2.24) is 5.32 Å². The molecular formula is C14H21NO3. The van der Waals surface area contributed by atoms with Crippen molar-refractivity contribution in [3.05, 3.63) is 23.8 Å². The third-order valence-electron chi connectivity index (χ3n) is 3.38. The van der Waals surface area contributed by atoms with Crippen molar-refractivity contribution in [2.45, 2.75) is 19.4 Å². The number of benzene rings is 1. The van der Waals surface area contributed by atoms with Crippen LogP contribution in [0.1, 0.15) is 18.4 Å². The van der Waals surface area contributed by atoms with Gasteiger partial charge in [-0.3, -0.25) is 0 Å². The van der Waals surface area contributed by atoms with Crippen molar-refractivity contribution in [2.75, 3.05) is 26.9 Å². The SMILES string of the molecule is COc1ccc(O)c(CNCC2CCOCC2)c1. The second kappa shape index (κ2) is 6.61. The molecule has 18 heavy (non-hydrogen) atoms. The Labute approximate surface area is 108 Å². The minimum atomic E-state index is 0.315. The molecule has 0 radical (unpaired) electrons. The number of rotatable bonds is 5. The maximum absolute atomic E-state index is 9.75. The Bertz CT molecular complexity index is 375. The number of ether oxygens (including phenoxy) is 2. The highest BCUT2D eigenvalue weighted by atomic mass is 16.5. The van der Waals surface area contributed by atoms with Crippen LogP contribution in [0.15, 0.2) is 18.2 Å². The first kappa shape index (κ1) is 13.2. The van der Waals surface area contributed by atoms with E-state index in [0.29, 0.717) is 18.2 Å². The van der Waals surface area contributed by atoms with E-state index < -0.39 is 0 Å². The molecule has 1 heterocycles. The van der Waals surface area contributed by atoms with Crippen molar-refractivity contribution >= 4 is 0 Å². The summed E-state index contributed by atoms with van der Waals surface area (Å²) >= 11 is 0. The summed E-state index contributed by atoms with van der Waals surface area (Å²) in [5.74, 6) is 1.78. The number of hydrogen-bond donors (Lipinski definition) is 2. The highest BCUT2D eigenvalue weighted by Crippen LogP contribution is 2.22. The topological polar surface area (TPSA) is 50.7 Å². The molecule has 2 N–H and O–H groups in total. The van der Waals surface area contributed by atoms with E-state index in [0.717, 1.165) is 43.9 Å². The van der Waals surface area contributed by atoms with Crippen LogP contribution < -0.4 is 10.1 Å². The molecule has 0 amide bonds. The molecule has 0 saturated carbocycles. The second-order valence-corrected chi connectivity index (χ2v) is 4.68. The molecule has 0 spiro atoms. The molecule has 1 aromatic rings. The van der Waals surface area contributed by atoms with Crippen LogP contribution in [-0.4, -0.2) is 32.0 Å². The molecule has 0 unspecified atom stereocenters. The van der Waals surface area contributed by atoms with Gasteiger partial charge in [-0.25, -0.2) is 0 Å². The third kappa shape index (κ3) is 3.62. The van der Waals surface area contributed by atoms with E-state index in [4.69, 9.17) is 9.47 Å². The van der Waals surface area contributed by atoms with Gasteiger partial charge in [0.1, 0.15) is 11.5 Å². The molecule has 0 atom stereocenters. The summed E-state index contributed by atoms with van der Waals surface area (Å²) in [6.07, 6.45) is 2.24. The minimum absolute atomic E-state index is 0.315. The van der Waals surface area contributed by atoms with Gasteiger partial charge in [0.2, 0.25) is 0 Å². The van der Waals surface area contributed by atoms with Gasteiger partial charge in [0.25, 0.3) is 0 Å². The molecule has 0 aromatic heterocycles. The molecule has 100 valence electrons. The monoisotopic (exact) mass is 251 g/mol. The van der Waals surface area contributed by atoms with E-state index in [-0.39, 0.29) is 0 Å². The van der Waals surface area contributed by atoms with Gasteiger partial charge in [-0.2, -0.15) is 0 Å². The number of hydrogen-bond acceptors (Lipinski definition) is 4. The van der Waals surface area contributed by atoms with Crippen LogP contribution in [0.5, 0.6) is 11.5 Å². The van der Waals surface area contributed by atoms with Gasteiger partial charge in [-0.1, -0.05) is 0 Å². The molecule has 1 aliphatic rings. The van der Waals surface area contributed by atoms with Gasteiger partial charge in [0.15, 0.2) is 0 Å². The van der Waals surface area contributed by atoms with Crippen LogP contribution in [0.25, 0.3) is 0 Å². The lowest BCUT2D eigenvalue weighted by Gasteiger charge is -2.22. The number of nitrogens with one attached hydrogen (secondary N) is 1. The molecular weight excluding hydrogens is 230 g/mol. The molecule has 4 nitrogen and oxygen atoms in total. The van der Waals surface area contributed by atoms with Crippen LogP contribution >= 0.6 is 0 Å². The lowest BCUT2D eigenvalue weighted by Crippen LogP contribution is -2.27.